The maximum atomic E-state index is 11.8. The van der Waals surface area contributed by atoms with Crippen molar-refractivity contribution in [2.45, 2.75) is 27.2 Å². The molecule has 0 heterocycles. The Morgan fingerprint density at radius 3 is 2.20 bits per heavy atom. The van der Waals surface area contributed by atoms with Crippen molar-refractivity contribution >= 4 is 12.0 Å². The van der Waals surface area contributed by atoms with Crippen molar-refractivity contribution in [2.75, 3.05) is 6.61 Å². The molecule has 2 rings (SSSR count). The van der Waals surface area contributed by atoms with Crippen LogP contribution in [0.2, 0.25) is 0 Å². The van der Waals surface area contributed by atoms with E-state index in [1.807, 2.05) is 20.8 Å². The van der Waals surface area contributed by atoms with E-state index in [-0.39, 0.29) is 12.4 Å². The Hall–Kier alpha value is -3.02. The normalized spacial score (nSPS) is 10.2. The molecule has 0 aliphatic carbocycles. The summed E-state index contributed by atoms with van der Waals surface area (Å²) in [5.41, 5.74) is 9.46. The lowest BCUT2D eigenvalue weighted by Gasteiger charge is -2.12. The molecular formula is C19H22N2O4. The molecule has 2 aromatic rings. The molecule has 0 aliphatic heterocycles. The van der Waals surface area contributed by atoms with Crippen LogP contribution in [0, 0.1) is 20.8 Å². The van der Waals surface area contributed by atoms with E-state index in [4.69, 9.17) is 4.74 Å². The number of aryl methyl sites for hydroxylation is 3. The minimum atomic E-state index is -0.727. The Kier molecular flexibility index (Phi) is 6.00. The number of ether oxygens (including phenoxy) is 1. The summed E-state index contributed by atoms with van der Waals surface area (Å²) in [5.74, 6) is -0.437. The number of hydrazine groups is 1. The number of phenolic OH excluding ortho intramolecular Hbond substituents is 1. The summed E-state index contributed by atoms with van der Waals surface area (Å²) >= 11 is 0. The first-order chi connectivity index (χ1) is 11.9. The van der Waals surface area contributed by atoms with Gasteiger partial charge in [0.1, 0.15) is 5.75 Å². The van der Waals surface area contributed by atoms with Gasteiger partial charge in [-0.15, -0.1) is 0 Å². The summed E-state index contributed by atoms with van der Waals surface area (Å²) in [6.07, 6.45) is -0.119. The van der Waals surface area contributed by atoms with Crippen LogP contribution in [0.25, 0.3) is 0 Å². The quantitative estimate of drug-likeness (QED) is 0.746. The van der Waals surface area contributed by atoms with E-state index in [1.165, 1.54) is 41.0 Å². The van der Waals surface area contributed by atoms with Gasteiger partial charge in [0.2, 0.25) is 0 Å². The second kappa shape index (κ2) is 8.19. The number of carbonyl (C=O) groups is 2. The molecule has 0 fully saturated rings. The monoisotopic (exact) mass is 342 g/mol. The van der Waals surface area contributed by atoms with E-state index in [9.17, 15) is 14.7 Å². The topological polar surface area (TPSA) is 87.7 Å². The van der Waals surface area contributed by atoms with Crippen LogP contribution in [-0.2, 0) is 11.2 Å². The van der Waals surface area contributed by atoms with Crippen molar-refractivity contribution in [1.82, 2.24) is 10.9 Å². The van der Waals surface area contributed by atoms with Crippen LogP contribution in [0.5, 0.6) is 5.75 Å². The minimum Gasteiger partial charge on any atom is -0.508 e. The van der Waals surface area contributed by atoms with Gasteiger partial charge in [0.05, 0.1) is 6.61 Å². The Morgan fingerprint density at radius 2 is 1.60 bits per heavy atom. The number of rotatable bonds is 4. The maximum absolute atomic E-state index is 11.8. The SMILES string of the molecule is Cc1cc(C)c(CCOC(=O)NNC(=O)c2ccc(O)cc2)c(C)c1. The van der Waals surface area contributed by atoms with Crippen LogP contribution in [0.15, 0.2) is 36.4 Å². The first kappa shape index (κ1) is 18.3. The zero-order chi connectivity index (χ0) is 18.4. The van der Waals surface area contributed by atoms with Gasteiger partial charge in [0.25, 0.3) is 5.91 Å². The molecule has 0 radical (unpaired) electrons. The van der Waals surface area contributed by atoms with Crippen LogP contribution in [-0.4, -0.2) is 23.7 Å². The summed E-state index contributed by atoms with van der Waals surface area (Å²) in [6, 6.07) is 9.86. The molecule has 132 valence electrons. The molecule has 0 saturated heterocycles. The predicted octanol–water partition coefficient (Wildman–Crippen LogP) is 2.93. The third kappa shape index (κ3) is 5.24. The highest BCUT2D eigenvalue weighted by Crippen LogP contribution is 2.17. The van der Waals surface area contributed by atoms with Gasteiger partial charge in [-0.05, 0) is 61.7 Å². The second-order valence-corrected chi connectivity index (χ2v) is 5.89. The predicted molar refractivity (Wildman–Crippen MR) is 94.4 cm³/mol. The van der Waals surface area contributed by atoms with Gasteiger partial charge in [0.15, 0.2) is 0 Å². The zero-order valence-electron chi connectivity index (χ0n) is 14.6. The maximum Gasteiger partial charge on any atom is 0.426 e. The largest absolute Gasteiger partial charge is 0.508 e. The third-order valence-electron chi connectivity index (χ3n) is 3.83. The number of amides is 2. The Labute approximate surface area is 146 Å². The van der Waals surface area contributed by atoms with Crippen LogP contribution in [0.4, 0.5) is 4.79 Å². The number of benzene rings is 2. The van der Waals surface area contributed by atoms with Crippen molar-refractivity contribution in [3.8, 4) is 5.75 Å². The lowest BCUT2D eigenvalue weighted by molar-refractivity contribution is 0.0910. The number of hydrogen-bond donors (Lipinski definition) is 3. The van der Waals surface area contributed by atoms with Gasteiger partial charge in [-0.3, -0.25) is 10.2 Å². The molecule has 0 bridgehead atoms. The molecule has 0 saturated carbocycles. The van der Waals surface area contributed by atoms with Crippen LogP contribution < -0.4 is 10.9 Å². The standard InChI is InChI=1S/C19H22N2O4/c1-12-10-13(2)17(14(3)11-12)8-9-25-19(24)21-20-18(23)15-4-6-16(22)7-5-15/h4-7,10-11,22H,8-9H2,1-3H3,(H,20,23)(H,21,24). The molecule has 0 aliphatic rings. The lowest BCUT2D eigenvalue weighted by Crippen LogP contribution is -2.42. The first-order valence-corrected chi connectivity index (χ1v) is 7.95. The highest BCUT2D eigenvalue weighted by atomic mass is 16.6. The molecule has 6 heteroatoms. The smallest absolute Gasteiger partial charge is 0.426 e. The van der Waals surface area contributed by atoms with E-state index in [0.717, 1.165) is 5.56 Å². The molecule has 0 atom stereocenters. The van der Waals surface area contributed by atoms with Gasteiger partial charge in [-0.25, -0.2) is 10.2 Å². The fourth-order valence-electron chi connectivity index (χ4n) is 2.68. The van der Waals surface area contributed by atoms with Crippen molar-refractivity contribution in [1.29, 1.82) is 0 Å². The second-order valence-electron chi connectivity index (χ2n) is 5.89. The van der Waals surface area contributed by atoms with E-state index in [2.05, 4.69) is 23.0 Å². The third-order valence-corrected chi connectivity index (χ3v) is 3.83. The number of carbonyl (C=O) groups excluding carboxylic acids is 2. The van der Waals surface area contributed by atoms with Crippen LogP contribution in [0.3, 0.4) is 0 Å². The van der Waals surface area contributed by atoms with Crippen molar-refractivity contribution in [2.24, 2.45) is 0 Å². The van der Waals surface area contributed by atoms with E-state index < -0.39 is 12.0 Å². The zero-order valence-corrected chi connectivity index (χ0v) is 14.6. The van der Waals surface area contributed by atoms with Crippen molar-refractivity contribution < 1.29 is 19.4 Å². The molecule has 6 nitrogen and oxygen atoms in total. The molecule has 2 aromatic carbocycles. The van der Waals surface area contributed by atoms with Gasteiger partial charge >= 0.3 is 6.09 Å². The van der Waals surface area contributed by atoms with Gasteiger partial charge < -0.3 is 9.84 Å². The molecule has 0 aromatic heterocycles. The molecule has 2 amide bonds. The summed E-state index contributed by atoms with van der Waals surface area (Å²) in [5, 5.41) is 9.18. The fraction of sp³-hybridized carbons (Fsp3) is 0.263. The highest BCUT2D eigenvalue weighted by Gasteiger charge is 2.09. The molecule has 0 spiro atoms. The van der Waals surface area contributed by atoms with Gasteiger partial charge in [-0.1, -0.05) is 17.7 Å². The van der Waals surface area contributed by atoms with Crippen molar-refractivity contribution in [3.63, 3.8) is 0 Å². The van der Waals surface area contributed by atoms with Crippen LogP contribution in [0.1, 0.15) is 32.6 Å². The Bertz CT molecular complexity index is 746. The van der Waals surface area contributed by atoms with E-state index >= 15 is 0 Å². The Balaban J connectivity index is 1.78. The molecular weight excluding hydrogens is 320 g/mol. The molecule has 0 unspecified atom stereocenters. The highest BCUT2D eigenvalue weighted by molar-refractivity contribution is 5.94. The van der Waals surface area contributed by atoms with Gasteiger partial charge in [0, 0.05) is 12.0 Å². The molecule has 3 N–H and O–H groups in total. The number of phenols is 1. The average molecular weight is 342 g/mol. The summed E-state index contributed by atoms with van der Waals surface area (Å²) < 4.78 is 5.09. The fourth-order valence-corrected chi connectivity index (χ4v) is 2.68. The van der Waals surface area contributed by atoms with Crippen molar-refractivity contribution in [3.05, 3.63) is 64.2 Å². The number of nitrogens with one attached hydrogen (secondary N) is 2. The van der Waals surface area contributed by atoms with E-state index in [1.54, 1.807) is 0 Å². The van der Waals surface area contributed by atoms with Crippen LogP contribution >= 0.6 is 0 Å². The summed E-state index contributed by atoms with van der Waals surface area (Å²) in [6.45, 7) is 6.33. The summed E-state index contributed by atoms with van der Waals surface area (Å²) in [7, 11) is 0. The lowest BCUT2D eigenvalue weighted by atomic mass is 9.98. The number of aromatic hydroxyl groups is 1. The average Bonchev–Trinajstić information content (AvgIpc) is 2.55. The minimum absolute atomic E-state index is 0.0608. The van der Waals surface area contributed by atoms with Gasteiger partial charge in [-0.2, -0.15) is 0 Å². The molecule has 25 heavy (non-hydrogen) atoms. The number of hydrogen-bond acceptors (Lipinski definition) is 4. The van der Waals surface area contributed by atoms with E-state index in [0.29, 0.717) is 12.0 Å². The Morgan fingerprint density at radius 1 is 1.00 bits per heavy atom. The first-order valence-electron chi connectivity index (χ1n) is 7.95. The summed E-state index contributed by atoms with van der Waals surface area (Å²) in [4.78, 5) is 23.5.